The van der Waals surface area contributed by atoms with Crippen LogP contribution in [-0.2, 0) is 26.7 Å². The zero-order valence-corrected chi connectivity index (χ0v) is 14.6. The molecule has 1 saturated carbocycles. The van der Waals surface area contributed by atoms with E-state index in [9.17, 15) is 5.11 Å². The van der Waals surface area contributed by atoms with E-state index in [1.54, 1.807) is 10.9 Å². The Morgan fingerprint density at radius 1 is 1.31 bits per heavy atom. The molecule has 1 unspecified atom stereocenters. The van der Waals surface area contributed by atoms with Crippen molar-refractivity contribution in [2.24, 2.45) is 7.05 Å². The second-order valence-corrected chi connectivity index (χ2v) is 7.08. The maximum atomic E-state index is 10.6. The SMILES string of the molecule is Cn1nccc1C(O)c1cc2n(n1)CCN(Cc1nnc(C3CC3)o1)C2. The van der Waals surface area contributed by atoms with Crippen LogP contribution in [-0.4, -0.2) is 46.3 Å². The number of rotatable bonds is 5. The van der Waals surface area contributed by atoms with E-state index in [0.29, 0.717) is 24.0 Å². The molecule has 9 heteroatoms. The number of aliphatic hydroxyl groups is 1. The van der Waals surface area contributed by atoms with Gasteiger partial charge in [-0.3, -0.25) is 14.3 Å². The number of aliphatic hydroxyl groups excluding tert-OH is 1. The lowest BCUT2D eigenvalue weighted by atomic mass is 10.1. The summed E-state index contributed by atoms with van der Waals surface area (Å²) in [5, 5.41) is 27.6. The van der Waals surface area contributed by atoms with Gasteiger partial charge in [0.2, 0.25) is 11.8 Å². The lowest BCUT2D eigenvalue weighted by Crippen LogP contribution is -2.33. The molecule has 0 radical (unpaired) electrons. The molecule has 136 valence electrons. The standard InChI is InChI=1S/C17H21N7O2/c1-22-14(4-5-18-22)16(25)13-8-12-9-23(6-7-24(12)21-13)10-15-19-20-17(26-15)11-2-3-11/h4-5,8,11,16,25H,2-3,6-7,9-10H2,1H3. The van der Waals surface area contributed by atoms with Crippen LogP contribution >= 0.6 is 0 Å². The Bertz CT molecular complexity index is 923. The van der Waals surface area contributed by atoms with Crippen LogP contribution in [0.1, 0.15) is 53.7 Å². The second-order valence-electron chi connectivity index (χ2n) is 7.08. The highest BCUT2D eigenvalue weighted by Crippen LogP contribution is 2.39. The van der Waals surface area contributed by atoms with Crippen molar-refractivity contribution < 1.29 is 9.52 Å². The molecule has 3 aromatic rings. The van der Waals surface area contributed by atoms with E-state index in [-0.39, 0.29) is 0 Å². The van der Waals surface area contributed by atoms with Crippen molar-refractivity contribution in [3.8, 4) is 0 Å². The highest BCUT2D eigenvalue weighted by atomic mass is 16.4. The Labute approximate surface area is 150 Å². The minimum absolute atomic E-state index is 0.482. The predicted molar refractivity (Wildman–Crippen MR) is 89.9 cm³/mol. The predicted octanol–water partition coefficient (Wildman–Crippen LogP) is 0.974. The summed E-state index contributed by atoms with van der Waals surface area (Å²) in [6.07, 6.45) is 3.22. The lowest BCUT2D eigenvalue weighted by molar-refractivity contribution is 0.183. The first kappa shape index (κ1) is 15.7. The van der Waals surface area contributed by atoms with Crippen molar-refractivity contribution in [2.45, 2.75) is 44.5 Å². The molecule has 5 rings (SSSR count). The Morgan fingerprint density at radius 2 is 2.19 bits per heavy atom. The fraction of sp³-hybridized carbons (Fsp3) is 0.529. The summed E-state index contributed by atoms with van der Waals surface area (Å²) < 4.78 is 9.40. The smallest absolute Gasteiger partial charge is 0.230 e. The summed E-state index contributed by atoms with van der Waals surface area (Å²) in [7, 11) is 1.82. The molecule has 0 bridgehead atoms. The molecule has 0 saturated heterocycles. The van der Waals surface area contributed by atoms with Gasteiger partial charge in [0.15, 0.2) is 0 Å². The summed E-state index contributed by atoms with van der Waals surface area (Å²) >= 11 is 0. The number of aryl methyl sites for hydroxylation is 1. The summed E-state index contributed by atoms with van der Waals surface area (Å²) in [5.41, 5.74) is 2.46. The molecule has 4 heterocycles. The summed E-state index contributed by atoms with van der Waals surface area (Å²) in [6.45, 7) is 3.02. The van der Waals surface area contributed by atoms with Crippen LogP contribution in [0.2, 0.25) is 0 Å². The first-order valence-electron chi connectivity index (χ1n) is 8.94. The Balaban J connectivity index is 1.29. The zero-order valence-electron chi connectivity index (χ0n) is 14.6. The summed E-state index contributed by atoms with van der Waals surface area (Å²) in [4.78, 5) is 2.27. The molecule has 0 amide bonds. The van der Waals surface area contributed by atoms with Crippen molar-refractivity contribution in [3.63, 3.8) is 0 Å². The topological polar surface area (TPSA) is 98.0 Å². The highest BCUT2D eigenvalue weighted by Gasteiger charge is 2.30. The van der Waals surface area contributed by atoms with Gasteiger partial charge in [0, 0.05) is 32.3 Å². The minimum Gasteiger partial charge on any atom is -0.424 e. The van der Waals surface area contributed by atoms with E-state index < -0.39 is 6.10 Å². The van der Waals surface area contributed by atoms with Gasteiger partial charge in [0.05, 0.1) is 30.2 Å². The number of nitrogens with zero attached hydrogens (tertiary/aromatic N) is 7. The quantitative estimate of drug-likeness (QED) is 0.728. The van der Waals surface area contributed by atoms with Crippen molar-refractivity contribution in [1.29, 1.82) is 0 Å². The molecule has 9 nitrogen and oxygen atoms in total. The van der Waals surface area contributed by atoms with Crippen LogP contribution in [0, 0.1) is 0 Å². The van der Waals surface area contributed by atoms with Crippen molar-refractivity contribution in [1.82, 2.24) is 34.7 Å². The van der Waals surface area contributed by atoms with E-state index >= 15 is 0 Å². The number of aromatic nitrogens is 6. The fourth-order valence-electron chi connectivity index (χ4n) is 3.43. The van der Waals surface area contributed by atoms with E-state index in [1.165, 1.54) is 0 Å². The largest absolute Gasteiger partial charge is 0.424 e. The van der Waals surface area contributed by atoms with E-state index in [2.05, 4.69) is 25.3 Å². The van der Waals surface area contributed by atoms with Gasteiger partial charge in [-0.1, -0.05) is 0 Å². The zero-order chi connectivity index (χ0) is 17.7. The van der Waals surface area contributed by atoms with Gasteiger partial charge in [0.25, 0.3) is 0 Å². The van der Waals surface area contributed by atoms with Crippen molar-refractivity contribution in [2.75, 3.05) is 6.54 Å². The highest BCUT2D eigenvalue weighted by molar-refractivity contribution is 5.22. The van der Waals surface area contributed by atoms with Crippen LogP contribution < -0.4 is 0 Å². The van der Waals surface area contributed by atoms with Crippen LogP contribution in [0.25, 0.3) is 0 Å². The molecular weight excluding hydrogens is 334 g/mol. The van der Waals surface area contributed by atoms with Gasteiger partial charge in [-0.05, 0) is 25.0 Å². The van der Waals surface area contributed by atoms with Crippen molar-refractivity contribution >= 4 is 0 Å². The van der Waals surface area contributed by atoms with Crippen LogP contribution in [0.5, 0.6) is 0 Å². The van der Waals surface area contributed by atoms with Crippen LogP contribution in [0.4, 0.5) is 0 Å². The van der Waals surface area contributed by atoms with Gasteiger partial charge in [0.1, 0.15) is 6.10 Å². The fourth-order valence-corrected chi connectivity index (χ4v) is 3.43. The maximum absolute atomic E-state index is 10.6. The van der Waals surface area contributed by atoms with Crippen LogP contribution in [0.3, 0.4) is 0 Å². The first-order valence-corrected chi connectivity index (χ1v) is 8.94. The van der Waals surface area contributed by atoms with Gasteiger partial charge in [-0.25, -0.2) is 0 Å². The monoisotopic (exact) mass is 355 g/mol. The average molecular weight is 355 g/mol. The number of hydrogen-bond acceptors (Lipinski definition) is 7. The van der Waals surface area contributed by atoms with Crippen molar-refractivity contribution in [3.05, 3.63) is 47.2 Å². The molecule has 1 aliphatic carbocycles. The normalized spacial score (nSPS) is 18.8. The molecule has 1 aliphatic heterocycles. The molecule has 0 aromatic carbocycles. The van der Waals surface area contributed by atoms with E-state index in [0.717, 1.165) is 49.8 Å². The summed E-state index contributed by atoms with van der Waals surface area (Å²) in [5.74, 6) is 1.94. The average Bonchev–Trinajstić information content (AvgIpc) is 3.04. The second kappa shape index (κ2) is 6.03. The molecule has 1 atom stereocenters. The lowest BCUT2D eigenvalue weighted by Gasteiger charge is -2.25. The van der Waals surface area contributed by atoms with E-state index in [1.807, 2.05) is 23.9 Å². The third-order valence-electron chi connectivity index (χ3n) is 5.08. The Kier molecular flexibility index (Phi) is 3.64. The maximum Gasteiger partial charge on any atom is 0.230 e. The van der Waals surface area contributed by atoms with E-state index in [4.69, 9.17) is 4.42 Å². The first-order chi connectivity index (χ1) is 12.7. The molecule has 1 N–H and O–H groups in total. The van der Waals surface area contributed by atoms with Gasteiger partial charge >= 0.3 is 0 Å². The molecule has 2 aliphatic rings. The molecule has 0 spiro atoms. The third kappa shape index (κ3) is 2.82. The Hall–Kier alpha value is -2.52. The van der Waals surface area contributed by atoms with Crippen LogP contribution in [0.15, 0.2) is 22.7 Å². The molecule has 26 heavy (non-hydrogen) atoms. The number of hydrogen-bond donors (Lipinski definition) is 1. The molecule has 1 fully saturated rings. The summed E-state index contributed by atoms with van der Waals surface area (Å²) in [6, 6.07) is 3.77. The third-order valence-corrected chi connectivity index (χ3v) is 5.08. The molecular formula is C17H21N7O2. The van der Waals surface area contributed by atoms with Gasteiger partial charge < -0.3 is 9.52 Å². The molecule has 3 aromatic heterocycles. The number of fused-ring (bicyclic) bond motifs is 1. The Morgan fingerprint density at radius 3 is 2.96 bits per heavy atom. The van der Waals surface area contributed by atoms with Gasteiger partial charge in [-0.2, -0.15) is 10.2 Å². The van der Waals surface area contributed by atoms with Gasteiger partial charge in [-0.15, -0.1) is 10.2 Å². The minimum atomic E-state index is -0.772.